The molecule has 108 valence electrons. The number of imidazole rings is 1. The van der Waals surface area contributed by atoms with Gasteiger partial charge in [0.15, 0.2) is 5.03 Å². The lowest BCUT2D eigenvalue weighted by molar-refractivity contribution is 0.101. The first kappa shape index (κ1) is 14.5. The molecule has 0 amide bonds. The van der Waals surface area contributed by atoms with Crippen molar-refractivity contribution >= 4 is 10.0 Å². The molecule has 0 radical (unpaired) electrons. The summed E-state index contributed by atoms with van der Waals surface area (Å²) in [5.41, 5.74) is 0. The summed E-state index contributed by atoms with van der Waals surface area (Å²) in [4.78, 5) is 4.07. The fourth-order valence-electron chi connectivity index (χ4n) is 2.44. The number of nitrogens with one attached hydrogen (secondary N) is 1. The van der Waals surface area contributed by atoms with Crippen LogP contribution in [0.3, 0.4) is 0 Å². The minimum atomic E-state index is -3.65. The highest BCUT2D eigenvalue weighted by Crippen LogP contribution is 2.20. The van der Waals surface area contributed by atoms with Gasteiger partial charge in [-0.05, 0) is 26.7 Å². The van der Waals surface area contributed by atoms with Crippen LogP contribution in [0.25, 0.3) is 0 Å². The predicted molar refractivity (Wildman–Crippen MR) is 71.2 cm³/mol. The first-order valence-electron chi connectivity index (χ1n) is 6.68. The number of sulfonamides is 1. The van der Waals surface area contributed by atoms with Crippen molar-refractivity contribution in [2.45, 2.75) is 63.2 Å². The van der Waals surface area contributed by atoms with Crippen LogP contribution < -0.4 is 4.72 Å². The second kappa shape index (κ2) is 5.60. The summed E-state index contributed by atoms with van der Waals surface area (Å²) in [6.45, 7) is 4.39. The predicted octanol–water partition coefficient (Wildman–Crippen LogP) is 0.793. The Labute approximate surface area is 113 Å². The van der Waals surface area contributed by atoms with Crippen molar-refractivity contribution in [2.75, 3.05) is 0 Å². The zero-order valence-electron chi connectivity index (χ0n) is 11.3. The van der Waals surface area contributed by atoms with Crippen LogP contribution in [0.15, 0.2) is 11.2 Å². The highest BCUT2D eigenvalue weighted by atomic mass is 32.2. The molecule has 2 atom stereocenters. The maximum Gasteiger partial charge on any atom is 0.259 e. The maximum absolute atomic E-state index is 12.2. The normalized spacial score (nSPS) is 24.6. The third kappa shape index (κ3) is 3.16. The molecule has 0 unspecified atom stereocenters. The Morgan fingerprint density at radius 1 is 1.47 bits per heavy atom. The Kier molecular flexibility index (Phi) is 4.27. The van der Waals surface area contributed by atoms with E-state index in [1.165, 1.54) is 6.20 Å². The van der Waals surface area contributed by atoms with Crippen molar-refractivity contribution in [3.8, 4) is 0 Å². The first-order valence-corrected chi connectivity index (χ1v) is 8.16. The van der Waals surface area contributed by atoms with Crippen LogP contribution in [0, 0.1) is 6.92 Å². The summed E-state index contributed by atoms with van der Waals surface area (Å²) < 4.78 is 28.8. The monoisotopic (exact) mass is 287 g/mol. The number of aliphatic hydroxyl groups excluding tert-OH is 1. The fraction of sp³-hybridized carbons (Fsp3) is 0.750. The molecule has 1 aliphatic rings. The highest BCUT2D eigenvalue weighted by molar-refractivity contribution is 7.89. The molecule has 2 rings (SSSR count). The topological polar surface area (TPSA) is 84.2 Å². The number of aryl methyl sites for hydroxylation is 2. The molecule has 1 saturated carbocycles. The Balaban J connectivity index is 2.17. The SMILES string of the molecule is CCn1cc(S(=O)(=O)N[C@H]2CCCC[C@@H]2O)nc1C. The van der Waals surface area contributed by atoms with E-state index in [9.17, 15) is 13.5 Å². The summed E-state index contributed by atoms with van der Waals surface area (Å²) in [6, 6.07) is -0.397. The van der Waals surface area contributed by atoms with Gasteiger partial charge in [-0.1, -0.05) is 12.8 Å². The lowest BCUT2D eigenvalue weighted by Crippen LogP contribution is -2.45. The van der Waals surface area contributed by atoms with Gasteiger partial charge in [-0.25, -0.2) is 18.1 Å². The molecule has 6 nitrogen and oxygen atoms in total. The van der Waals surface area contributed by atoms with Gasteiger partial charge in [-0.15, -0.1) is 0 Å². The van der Waals surface area contributed by atoms with Crippen LogP contribution in [-0.2, 0) is 16.6 Å². The second-order valence-electron chi connectivity index (χ2n) is 4.99. The number of rotatable bonds is 4. The van der Waals surface area contributed by atoms with Crippen LogP contribution in [0.5, 0.6) is 0 Å². The molecule has 1 heterocycles. The molecular weight excluding hydrogens is 266 g/mol. The third-order valence-corrected chi connectivity index (χ3v) is 4.97. The first-order chi connectivity index (χ1) is 8.94. The average Bonchev–Trinajstić information content (AvgIpc) is 2.74. The molecule has 1 aromatic rings. The van der Waals surface area contributed by atoms with E-state index in [-0.39, 0.29) is 5.03 Å². The summed E-state index contributed by atoms with van der Waals surface area (Å²) >= 11 is 0. The van der Waals surface area contributed by atoms with E-state index >= 15 is 0 Å². The molecular formula is C12H21N3O3S. The zero-order valence-corrected chi connectivity index (χ0v) is 12.2. The third-order valence-electron chi connectivity index (χ3n) is 3.61. The fourth-order valence-corrected chi connectivity index (χ4v) is 3.75. The molecule has 1 fully saturated rings. The zero-order chi connectivity index (χ0) is 14.0. The van der Waals surface area contributed by atoms with Gasteiger partial charge in [0.2, 0.25) is 0 Å². The van der Waals surface area contributed by atoms with Gasteiger partial charge in [0.25, 0.3) is 10.0 Å². The van der Waals surface area contributed by atoms with Crippen LogP contribution >= 0.6 is 0 Å². The molecule has 1 aliphatic carbocycles. The van der Waals surface area contributed by atoms with E-state index in [2.05, 4.69) is 9.71 Å². The van der Waals surface area contributed by atoms with E-state index in [4.69, 9.17) is 0 Å². The highest BCUT2D eigenvalue weighted by Gasteiger charge is 2.29. The molecule has 0 aliphatic heterocycles. The van der Waals surface area contributed by atoms with Crippen molar-refractivity contribution in [3.63, 3.8) is 0 Å². The maximum atomic E-state index is 12.2. The lowest BCUT2D eigenvalue weighted by Gasteiger charge is -2.27. The van der Waals surface area contributed by atoms with Gasteiger partial charge in [-0.2, -0.15) is 0 Å². The van der Waals surface area contributed by atoms with E-state index in [0.29, 0.717) is 25.2 Å². The molecule has 0 aromatic carbocycles. The molecule has 2 N–H and O–H groups in total. The van der Waals surface area contributed by atoms with Crippen LogP contribution in [-0.4, -0.2) is 35.2 Å². The summed E-state index contributed by atoms with van der Waals surface area (Å²) in [5, 5.41) is 9.86. The van der Waals surface area contributed by atoms with E-state index < -0.39 is 22.2 Å². The van der Waals surface area contributed by atoms with Gasteiger partial charge in [0.1, 0.15) is 5.82 Å². The minimum absolute atomic E-state index is 0.0321. The van der Waals surface area contributed by atoms with Crippen molar-refractivity contribution in [1.82, 2.24) is 14.3 Å². The van der Waals surface area contributed by atoms with Crippen molar-refractivity contribution < 1.29 is 13.5 Å². The van der Waals surface area contributed by atoms with Crippen LogP contribution in [0.4, 0.5) is 0 Å². The van der Waals surface area contributed by atoms with E-state index in [1.807, 2.05) is 6.92 Å². The van der Waals surface area contributed by atoms with Gasteiger partial charge in [0, 0.05) is 18.8 Å². The van der Waals surface area contributed by atoms with Gasteiger partial charge < -0.3 is 9.67 Å². The summed E-state index contributed by atoms with van der Waals surface area (Å²) in [5.74, 6) is 0.673. The summed E-state index contributed by atoms with van der Waals surface area (Å²) in [6.07, 6.45) is 4.14. The number of hydrogen-bond acceptors (Lipinski definition) is 4. The molecule has 0 saturated heterocycles. The molecule has 7 heteroatoms. The largest absolute Gasteiger partial charge is 0.391 e. The van der Waals surface area contributed by atoms with E-state index in [1.54, 1.807) is 11.5 Å². The lowest BCUT2D eigenvalue weighted by atomic mass is 9.93. The Bertz CT molecular complexity index is 538. The van der Waals surface area contributed by atoms with E-state index in [0.717, 1.165) is 12.8 Å². The van der Waals surface area contributed by atoms with Crippen LogP contribution in [0.2, 0.25) is 0 Å². The Hall–Kier alpha value is -0.920. The second-order valence-corrected chi connectivity index (χ2v) is 6.65. The number of aromatic nitrogens is 2. The minimum Gasteiger partial charge on any atom is -0.391 e. The van der Waals surface area contributed by atoms with Gasteiger partial charge in [0.05, 0.1) is 6.10 Å². The number of hydrogen-bond donors (Lipinski definition) is 2. The molecule has 1 aromatic heterocycles. The standard InChI is InChI=1S/C12H21N3O3S/c1-3-15-8-12(13-9(15)2)19(17,18)14-10-6-4-5-7-11(10)16/h8,10-11,14,16H,3-7H2,1-2H3/t10-,11-/m0/s1. The molecule has 19 heavy (non-hydrogen) atoms. The van der Waals surface area contributed by atoms with Gasteiger partial charge >= 0.3 is 0 Å². The average molecular weight is 287 g/mol. The Morgan fingerprint density at radius 2 is 2.16 bits per heavy atom. The number of aliphatic hydroxyl groups is 1. The smallest absolute Gasteiger partial charge is 0.259 e. The van der Waals surface area contributed by atoms with Crippen LogP contribution in [0.1, 0.15) is 38.4 Å². The Morgan fingerprint density at radius 3 is 2.74 bits per heavy atom. The van der Waals surface area contributed by atoms with Gasteiger partial charge in [-0.3, -0.25) is 0 Å². The van der Waals surface area contributed by atoms with Crippen molar-refractivity contribution in [2.24, 2.45) is 0 Å². The van der Waals surface area contributed by atoms with Crippen molar-refractivity contribution in [3.05, 3.63) is 12.0 Å². The summed E-state index contributed by atoms with van der Waals surface area (Å²) in [7, 11) is -3.65. The molecule has 0 bridgehead atoms. The van der Waals surface area contributed by atoms with Crippen molar-refractivity contribution in [1.29, 1.82) is 0 Å². The molecule has 0 spiro atoms. The number of nitrogens with zero attached hydrogens (tertiary/aromatic N) is 2. The quantitative estimate of drug-likeness (QED) is 0.857.